The van der Waals surface area contributed by atoms with Crippen molar-refractivity contribution in [3.05, 3.63) is 28.8 Å². The van der Waals surface area contributed by atoms with Gasteiger partial charge < -0.3 is 5.11 Å². The molecule has 0 aromatic heterocycles. The van der Waals surface area contributed by atoms with E-state index in [1.54, 1.807) is 19.9 Å². The van der Waals surface area contributed by atoms with Gasteiger partial charge in [-0.25, -0.2) is 8.42 Å². The highest BCUT2D eigenvalue weighted by molar-refractivity contribution is 7.89. The molecule has 0 heterocycles. The molecule has 2 N–H and O–H groups in total. The number of aliphatic carboxylic acids is 1. The molecule has 1 aromatic rings. The van der Waals surface area contributed by atoms with Crippen LogP contribution in [-0.4, -0.2) is 25.5 Å². The second kappa shape index (κ2) is 6.89. The molecule has 0 saturated heterocycles. The van der Waals surface area contributed by atoms with Gasteiger partial charge in [0.15, 0.2) is 0 Å². The van der Waals surface area contributed by atoms with Gasteiger partial charge in [-0.3, -0.25) is 4.79 Å². The van der Waals surface area contributed by atoms with Crippen molar-refractivity contribution in [3.63, 3.8) is 0 Å². The largest absolute Gasteiger partial charge is 0.480 e. The molecule has 0 spiro atoms. The second-order valence-electron chi connectivity index (χ2n) is 4.89. The first-order chi connectivity index (χ1) is 9.67. The molecule has 0 saturated carbocycles. The quantitative estimate of drug-likeness (QED) is 0.829. The Balaban J connectivity index is 3.20. The van der Waals surface area contributed by atoms with E-state index in [1.807, 2.05) is 0 Å². The number of nitrogens with zero attached hydrogens (tertiary/aromatic N) is 1. The van der Waals surface area contributed by atoms with Crippen LogP contribution in [0.5, 0.6) is 0 Å². The van der Waals surface area contributed by atoms with E-state index >= 15 is 0 Å². The standard InChI is InChI=1S/C13H15ClN2O4S/c1-8(2)5-11(13(17)18)16-21(19,20)12-6-10(14)4-3-9(12)7-15/h3-4,6,8,11,16H,5H2,1-2H3,(H,17,18)/t11-/m1/s1. The van der Waals surface area contributed by atoms with E-state index in [1.165, 1.54) is 12.1 Å². The van der Waals surface area contributed by atoms with E-state index in [2.05, 4.69) is 4.72 Å². The molecule has 1 aromatic carbocycles. The van der Waals surface area contributed by atoms with E-state index in [9.17, 15) is 13.2 Å². The van der Waals surface area contributed by atoms with E-state index in [0.29, 0.717) is 0 Å². The zero-order valence-electron chi connectivity index (χ0n) is 11.5. The molecule has 0 radical (unpaired) electrons. The van der Waals surface area contributed by atoms with Crippen molar-refractivity contribution in [3.8, 4) is 6.07 Å². The lowest BCUT2D eigenvalue weighted by molar-refractivity contribution is -0.139. The minimum atomic E-state index is -4.15. The van der Waals surface area contributed by atoms with Crippen LogP contribution in [0.3, 0.4) is 0 Å². The predicted molar refractivity (Wildman–Crippen MR) is 77.4 cm³/mol. The van der Waals surface area contributed by atoms with Crippen LogP contribution in [0.1, 0.15) is 25.8 Å². The molecule has 0 aliphatic carbocycles. The first-order valence-electron chi connectivity index (χ1n) is 6.12. The Bertz CT molecular complexity index is 680. The maximum atomic E-state index is 12.3. The minimum Gasteiger partial charge on any atom is -0.480 e. The van der Waals surface area contributed by atoms with Crippen molar-refractivity contribution < 1.29 is 18.3 Å². The van der Waals surface area contributed by atoms with Gasteiger partial charge in [0, 0.05) is 5.02 Å². The summed E-state index contributed by atoms with van der Waals surface area (Å²) in [6, 6.07) is 4.27. The van der Waals surface area contributed by atoms with Gasteiger partial charge >= 0.3 is 5.97 Å². The molecule has 0 unspecified atom stereocenters. The molecule has 8 heteroatoms. The SMILES string of the molecule is CC(C)C[C@@H](NS(=O)(=O)c1cc(Cl)ccc1C#N)C(=O)O. The van der Waals surface area contributed by atoms with Gasteiger partial charge in [0.1, 0.15) is 17.0 Å². The summed E-state index contributed by atoms with van der Waals surface area (Å²) in [7, 11) is -4.15. The van der Waals surface area contributed by atoms with Crippen molar-refractivity contribution >= 4 is 27.6 Å². The summed E-state index contributed by atoms with van der Waals surface area (Å²) < 4.78 is 26.7. The van der Waals surface area contributed by atoms with Crippen LogP contribution in [-0.2, 0) is 14.8 Å². The molecule has 6 nitrogen and oxygen atoms in total. The van der Waals surface area contributed by atoms with Crippen molar-refractivity contribution in [2.45, 2.75) is 31.2 Å². The average Bonchev–Trinajstić information content (AvgIpc) is 2.37. The Morgan fingerprint density at radius 2 is 2.10 bits per heavy atom. The molecule has 0 bridgehead atoms. The molecule has 1 atom stereocenters. The number of sulfonamides is 1. The molecule has 114 valence electrons. The number of benzene rings is 1. The highest BCUT2D eigenvalue weighted by atomic mass is 35.5. The molecule has 0 fully saturated rings. The summed E-state index contributed by atoms with van der Waals surface area (Å²) >= 11 is 5.75. The van der Waals surface area contributed by atoms with Crippen molar-refractivity contribution in [1.82, 2.24) is 4.72 Å². The highest BCUT2D eigenvalue weighted by Gasteiger charge is 2.28. The molecule has 0 amide bonds. The maximum Gasteiger partial charge on any atom is 0.321 e. The number of hydrogen-bond donors (Lipinski definition) is 2. The number of rotatable bonds is 6. The Morgan fingerprint density at radius 3 is 2.57 bits per heavy atom. The first-order valence-corrected chi connectivity index (χ1v) is 7.98. The van der Waals surface area contributed by atoms with Crippen LogP contribution in [0.15, 0.2) is 23.1 Å². The first kappa shape index (κ1) is 17.4. The van der Waals surface area contributed by atoms with Crippen LogP contribution in [0.2, 0.25) is 5.02 Å². The monoisotopic (exact) mass is 330 g/mol. The summed E-state index contributed by atoms with van der Waals surface area (Å²) in [5.74, 6) is -1.28. The van der Waals surface area contributed by atoms with E-state index in [0.717, 1.165) is 6.07 Å². The highest BCUT2D eigenvalue weighted by Crippen LogP contribution is 2.21. The summed E-state index contributed by atoms with van der Waals surface area (Å²) in [5.41, 5.74) is -0.0967. The van der Waals surface area contributed by atoms with E-state index in [4.69, 9.17) is 22.0 Å². The third-order valence-corrected chi connectivity index (χ3v) is 4.40. The zero-order valence-corrected chi connectivity index (χ0v) is 13.1. The number of hydrogen-bond acceptors (Lipinski definition) is 4. The van der Waals surface area contributed by atoms with Gasteiger partial charge in [0.2, 0.25) is 10.0 Å². The molecule has 0 aliphatic rings. The van der Waals surface area contributed by atoms with Gasteiger partial charge in [-0.05, 0) is 30.5 Å². The number of nitriles is 1. The fraction of sp³-hybridized carbons (Fsp3) is 0.385. The molecular formula is C13H15ClN2O4S. The number of nitrogens with one attached hydrogen (secondary N) is 1. The lowest BCUT2D eigenvalue weighted by Crippen LogP contribution is -2.41. The van der Waals surface area contributed by atoms with Crippen LogP contribution < -0.4 is 4.72 Å². The number of carboxylic acid groups (broad SMARTS) is 1. The van der Waals surface area contributed by atoms with Gasteiger partial charge in [-0.15, -0.1) is 0 Å². The molecule has 0 aliphatic heterocycles. The summed E-state index contributed by atoms with van der Waals surface area (Å²) in [4.78, 5) is 10.8. The molecule has 21 heavy (non-hydrogen) atoms. The molecule has 1 rings (SSSR count). The van der Waals surface area contributed by atoms with Crippen LogP contribution in [0, 0.1) is 17.2 Å². The van der Waals surface area contributed by atoms with Crippen molar-refractivity contribution in [1.29, 1.82) is 5.26 Å². The molecular weight excluding hydrogens is 316 g/mol. The smallest absolute Gasteiger partial charge is 0.321 e. The fourth-order valence-corrected chi connectivity index (χ4v) is 3.35. The zero-order chi connectivity index (χ0) is 16.2. The van der Waals surface area contributed by atoms with Gasteiger partial charge in [-0.2, -0.15) is 9.98 Å². The minimum absolute atomic E-state index is 0.0106. The summed E-state index contributed by atoms with van der Waals surface area (Å²) in [6.07, 6.45) is 0.136. The third-order valence-electron chi connectivity index (χ3n) is 2.66. The number of halogens is 1. The third kappa shape index (κ3) is 4.70. The normalized spacial score (nSPS) is 12.9. The lowest BCUT2D eigenvalue weighted by Gasteiger charge is -2.17. The topological polar surface area (TPSA) is 107 Å². The Kier molecular flexibility index (Phi) is 5.72. The number of carbonyl (C=O) groups is 1. The van der Waals surface area contributed by atoms with Crippen molar-refractivity contribution in [2.75, 3.05) is 0 Å². The summed E-state index contributed by atoms with van der Waals surface area (Å²) in [6.45, 7) is 3.56. The Morgan fingerprint density at radius 1 is 1.48 bits per heavy atom. The predicted octanol–water partition coefficient (Wildman–Crippen LogP) is 1.99. The summed E-state index contributed by atoms with van der Waals surface area (Å²) in [5, 5.41) is 18.2. The van der Waals surface area contributed by atoms with Gasteiger partial charge in [0.25, 0.3) is 0 Å². The Labute approximate surface area is 128 Å². The number of carboxylic acids is 1. The van der Waals surface area contributed by atoms with Gasteiger partial charge in [0.05, 0.1) is 5.56 Å². The Hall–Kier alpha value is -1.62. The van der Waals surface area contributed by atoms with E-state index < -0.39 is 22.0 Å². The van der Waals surface area contributed by atoms with Crippen LogP contribution >= 0.6 is 11.6 Å². The van der Waals surface area contributed by atoms with Crippen LogP contribution in [0.4, 0.5) is 0 Å². The second-order valence-corrected chi connectivity index (χ2v) is 7.01. The van der Waals surface area contributed by atoms with Crippen molar-refractivity contribution in [2.24, 2.45) is 5.92 Å². The average molecular weight is 331 g/mol. The van der Waals surface area contributed by atoms with E-state index in [-0.39, 0.29) is 27.8 Å². The van der Waals surface area contributed by atoms with Gasteiger partial charge in [-0.1, -0.05) is 25.4 Å². The van der Waals surface area contributed by atoms with Crippen LogP contribution in [0.25, 0.3) is 0 Å². The lowest BCUT2D eigenvalue weighted by atomic mass is 10.1. The fourth-order valence-electron chi connectivity index (χ4n) is 1.73. The maximum absolute atomic E-state index is 12.3.